The van der Waals surface area contributed by atoms with Gasteiger partial charge in [0, 0.05) is 9.50 Å². The minimum Gasteiger partial charge on any atom is -0.489 e. The standard InChI is InChI=1S/C23H20BrClN2O3/c1-16(30-21-11-7-19(24)8-12-21)23(28)27-26-14-18-3-2-4-22(13-18)29-15-17-5-9-20(25)10-6-17/h2-14,16H,15H2,1H3,(H,27,28). The summed E-state index contributed by atoms with van der Waals surface area (Å²) in [5.41, 5.74) is 4.30. The van der Waals surface area contributed by atoms with Crippen LogP contribution >= 0.6 is 27.5 Å². The van der Waals surface area contributed by atoms with Crippen LogP contribution in [-0.4, -0.2) is 18.2 Å². The van der Waals surface area contributed by atoms with E-state index >= 15 is 0 Å². The molecule has 5 nitrogen and oxygen atoms in total. The number of hydrazone groups is 1. The first-order valence-electron chi connectivity index (χ1n) is 9.22. The maximum absolute atomic E-state index is 12.2. The lowest BCUT2D eigenvalue weighted by molar-refractivity contribution is -0.127. The largest absolute Gasteiger partial charge is 0.489 e. The molecule has 0 aliphatic rings. The summed E-state index contributed by atoms with van der Waals surface area (Å²) >= 11 is 9.25. The summed E-state index contributed by atoms with van der Waals surface area (Å²) in [6.07, 6.45) is 0.872. The summed E-state index contributed by atoms with van der Waals surface area (Å²) < 4.78 is 12.3. The number of carbonyl (C=O) groups is 1. The van der Waals surface area contributed by atoms with E-state index in [1.165, 1.54) is 0 Å². The molecule has 3 aromatic rings. The van der Waals surface area contributed by atoms with Gasteiger partial charge in [-0.2, -0.15) is 5.10 Å². The number of nitrogens with zero attached hydrogens (tertiary/aromatic N) is 1. The first-order valence-corrected chi connectivity index (χ1v) is 10.4. The third kappa shape index (κ3) is 6.90. The molecular weight excluding hydrogens is 468 g/mol. The summed E-state index contributed by atoms with van der Waals surface area (Å²) in [6, 6.07) is 22.2. The molecule has 0 bridgehead atoms. The molecule has 0 spiro atoms. The SMILES string of the molecule is CC(Oc1ccc(Br)cc1)C(=O)NN=Cc1cccc(OCc2ccc(Cl)cc2)c1. The number of ether oxygens (including phenoxy) is 2. The van der Waals surface area contributed by atoms with Gasteiger partial charge in [0.15, 0.2) is 6.10 Å². The average molecular weight is 488 g/mol. The number of hydrogen-bond donors (Lipinski definition) is 1. The van der Waals surface area contributed by atoms with Gasteiger partial charge in [-0.15, -0.1) is 0 Å². The zero-order valence-corrected chi connectivity index (χ0v) is 18.6. The summed E-state index contributed by atoms with van der Waals surface area (Å²) in [5, 5.41) is 4.70. The fourth-order valence-electron chi connectivity index (χ4n) is 2.46. The van der Waals surface area contributed by atoms with Crippen LogP contribution in [0.2, 0.25) is 5.02 Å². The van der Waals surface area contributed by atoms with Crippen molar-refractivity contribution in [3.63, 3.8) is 0 Å². The van der Waals surface area contributed by atoms with Crippen molar-refractivity contribution in [1.29, 1.82) is 0 Å². The monoisotopic (exact) mass is 486 g/mol. The van der Waals surface area contributed by atoms with Crippen molar-refractivity contribution < 1.29 is 14.3 Å². The van der Waals surface area contributed by atoms with Crippen LogP contribution in [0.25, 0.3) is 0 Å². The Morgan fingerprint density at radius 3 is 2.57 bits per heavy atom. The molecule has 0 fully saturated rings. The van der Waals surface area contributed by atoms with E-state index in [9.17, 15) is 4.79 Å². The molecule has 0 aromatic heterocycles. The van der Waals surface area contributed by atoms with E-state index in [0.717, 1.165) is 15.6 Å². The second-order valence-electron chi connectivity index (χ2n) is 6.44. The molecule has 0 aliphatic heterocycles. The van der Waals surface area contributed by atoms with Crippen molar-refractivity contribution in [1.82, 2.24) is 5.43 Å². The van der Waals surface area contributed by atoms with Gasteiger partial charge < -0.3 is 9.47 Å². The minimum atomic E-state index is -0.683. The Kier molecular flexibility index (Phi) is 7.88. The molecule has 7 heteroatoms. The van der Waals surface area contributed by atoms with E-state index in [0.29, 0.717) is 23.1 Å². The van der Waals surface area contributed by atoms with Crippen molar-refractivity contribution >= 4 is 39.7 Å². The number of amides is 1. The van der Waals surface area contributed by atoms with Crippen LogP contribution in [0.4, 0.5) is 0 Å². The smallest absolute Gasteiger partial charge is 0.280 e. The van der Waals surface area contributed by atoms with E-state index in [1.54, 1.807) is 25.3 Å². The van der Waals surface area contributed by atoms with Crippen LogP contribution < -0.4 is 14.9 Å². The second kappa shape index (κ2) is 10.8. The number of halogens is 2. The highest BCUT2D eigenvalue weighted by Crippen LogP contribution is 2.18. The molecule has 1 N–H and O–H groups in total. The first kappa shape index (κ1) is 21.9. The topological polar surface area (TPSA) is 59.9 Å². The lowest BCUT2D eigenvalue weighted by Gasteiger charge is -2.12. The van der Waals surface area contributed by atoms with Gasteiger partial charge in [0.1, 0.15) is 18.1 Å². The van der Waals surface area contributed by atoms with Crippen LogP contribution in [0.1, 0.15) is 18.1 Å². The molecule has 0 saturated carbocycles. The summed E-state index contributed by atoms with van der Waals surface area (Å²) in [7, 11) is 0. The van der Waals surface area contributed by atoms with Gasteiger partial charge in [-0.05, 0) is 66.6 Å². The maximum Gasteiger partial charge on any atom is 0.280 e. The van der Waals surface area contributed by atoms with Crippen molar-refractivity contribution in [3.8, 4) is 11.5 Å². The highest BCUT2D eigenvalue weighted by Gasteiger charge is 2.13. The van der Waals surface area contributed by atoms with Gasteiger partial charge in [0.2, 0.25) is 0 Å². The Hall–Kier alpha value is -2.83. The van der Waals surface area contributed by atoms with Gasteiger partial charge in [0.25, 0.3) is 5.91 Å². The lowest BCUT2D eigenvalue weighted by atomic mass is 10.2. The highest BCUT2D eigenvalue weighted by atomic mass is 79.9. The molecule has 3 rings (SSSR count). The zero-order valence-electron chi connectivity index (χ0n) is 16.2. The number of rotatable bonds is 8. The zero-order chi connectivity index (χ0) is 21.3. The highest BCUT2D eigenvalue weighted by molar-refractivity contribution is 9.10. The van der Waals surface area contributed by atoms with E-state index < -0.39 is 6.10 Å². The number of nitrogens with one attached hydrogen (secondary N) is 1. The third-order valence-electron chi connectivity index (χ3n) is 4.06. The van der Waals surface area contributed by atoms with E-state index in [2.05, 4.69) is 26.5 Å². The van der Waals surface area contributed by atoms with Crippen molar-refractivity contribution in [2.45, 2.75) is 19.6 Å². The molecule has 3 aromatic carbocycles. The van der Waals surface area contributed by atoms with Gasteiger partial charge >= 0.3 is 0 Å². The molecule has 1 atom stereocenters. The Bertz CT molecular complexity index is 1010. The Balaban J connectivity index is 1.50. The molecule has 30 heavy (non-hydrogen) atoms. The van der Waals surface area contributed by atoms with Crippen LogP contribution in [0, 0.1) is 0 Å². The molecule has 0 heterocycles. The van der Waals surface area contributed by atoms with Gasteiger partial charge in [0.05, 0.1) is 6.21 Å². The quantitative estimate of drug-likeness (QED) is 0.332. The van der Waals surface area contributed by atoms with Crippen LogP contribution in [0.5, 0.6) is 11.5 Å². The van der Waals surface area contributed by atoms with Gasteiger partial charge in [-0.3, -0.25) is 4.79 Å². The molecular formula is C23H20BrClN2O3. The third-order valence-corrected chi connectivity index (χ3v) is 4.84. The van der Waals surface area contributed by atoms with E-state index in [1.807, 2.05) is 60.7 Å². The molecule has 0 aliphatic carbocycles. The molecule has 1 unspecified atom stereocenters. The summed E-state index contributed by atoms with van der Waals surface area (Å²) in [6.45, 7) is 2.09. The number of hydrogen-bond acceptors (Lipinski definition) is 4. The van der Waals surface area contributed by atoms with Gasteiger partial charge in [-0.1, -0.05) is 51.8 Å². The molecule has 154 valence electrons. The Morgan fingerprint density at radius 1 is 1.10 bits per heavy atom. The number of carbonyl (C=O) groups excluding carboxylic acids is 1. The molecule has 0 saturated heterocycles. The lowest BCUT2D eigenvalue weighted by Crippen LogP contribution is -2.33. The molecule has 0 radical (unpaired) electrons. The van der Waals surface area contributed by atoms with Crippen LogP contribution in [0.15, 0.2) is 82.4 Å². The van der Waals surface area contributed by atoms with E-state index in [4.69, 9.17) is 21.1 Å². The van der Waals surface area contributed by atoms with Crippen LogP contribution in [0.3, 0.4) is 0 Å². The fourth-order valence-corrected chi connectivity index (χ4v) is 2.85. The van der Waals surface area contributed by atoms with Crippen molar-refractivity contribution in [2.24, 2.45) is 5.10 Å². The van der Waals surface area contributed by atoms with Gasteiger partial charge in [-0.25, -0.2) is 5.43 Å². The van der Waals surface area contributed by atoms with Crippen LogP contribution in [-0.2, 0) is 11.4 Å². The van der Waals surface area contributed by atoms with Crippen molar-refractivity contribution in [3.05, 3.63) is 93.4 Å². The van der Waals surface area contributed by atoms with E-state index in [-0.39, 0.29) is 5.91 Å². The minimum absolute atomic E-state index is 0.343. The Morgan fingerprint density at radius 2 is 1.83 bits per heavy atom. The Labute approximate surface area is 188 Å². The summed E-state index contributed by atoms with van der Waals surface area (Å²) in [4.78, 5) is 12.2. The fraction of sp³-hybridized carbons (Fsp3) is 0.130. The average Bonchev–Trinajstić information content (AvgIpc) is 2.75. The molecule has 1 amide bonds. The van der Waals surface area contributed by atoms with Crippen molar-refractivity contribution in [2.75, 3.05) is 0 Å². The predicted molar refractivity (Wildman–Crippen MR) is 122 cm³/mol. The second-order valence-corrected chi connectivity index (χ2v) is 7.79. The maximum atomic E-state index is 12.2. The normalized spacial score (nSPS) is 11.8. The predicted octanol–water partition coefficient (Wildman–Crippen LogP) is 5.60. The first-order chi connectivity index (χ1) is 14.5. The number of benzene rings is 3. The summed E-state index contributed by atoms with van der Waals surface area (Å²) in [5.74, 6) is 0.965.